The number of hydrogen-bond acceptors (Lipinski definition) is 3. The summed E-state index contributed by atoms with van der Waals surface area (Å²) in [6, 6.07) is 7.81. The molecular formula is C12H12BrNO2. The van der Waals surface area contributed by atoms with Crippen molar-refractivity contribution < 1.29 is 9.53 Å². The molecule has 0 amide bonds. The van der Waals surface area contributed by atoms with Gasteiger partial charge in [-0.3, -0.25) is 0 Å². The SMILES string of the molecule is CC1CC(Nc2ccc(Br)cc2)=CC(=O)O1. The van der Waals surface area contributed by atoms with E-state index in [1.165, 1.54) is 6.08 Å². The smallest absolute Gasteiger partial charge is 0.332 e. The van der Waals surface area contributed by atoms with Crippen LogP contribution < -0.4 is 5.32 Å². The number of cyclic esters (lactones) is 1. The van der Waals surface area contributed by atoms with Crippen LogP contribution in [0.5, 0.6) is 0 Å². The molecule has 4 heteroatoms. The Bertz CT molecular complexity index is 425. The third kappa shape index (κ3) is 2.85. The van der Waals surface area contributed by atoms with Gasteiger partial charge in [-0.15, -0.1) is 0 Å². The monoisotopic (exact) mass is 281 g/mol. The molecule has 16 heavy (non-hydrogen) atoms. The Kier molecular flexibility index (Phi) is 3.29. The fourth-order valence-electron chi connectivity index (χ4n) is 1.59. The van der Waals surface area contributed by atoms with E-state index in [0.717, 1.165) is 22.3 Å². The number of carbonyl (C=O) groups is 1. The third-order valence-electron chi connectivity index (χ3n) is 2.27. The Morgan fingerprint density at radius 2 is 2.06 bits per heavy atom. The van der Waals surface area contributed by atoms with E-state index < -0.39 is 0 Å². The Labute approximate surface area is 103 Å². The average molecular weight is 282 g/mol. The molecule has 0 saturated heterocycles. The highest BCUT2D eigenvalue weighted by Gasteiger charge is 2.17. The molecule has 1 aliphatic rings. The van der Waals surface area contributed by atoms with Crippen molar-refractivity contribution in [3.05, 3.63) is 40.5 Å². The van der Waals surface area contributed by atoms with Crippen molar-refractivity contribution in [2.45, 2.75) is 19.4 Å². The molecule has 1 heterocycles. The molecule has 2 rings (SSSR count). The lowest BCUT2D eigenvalue weighted by Gasteiger charge is -2.20. The number of hydrogen-bond donors (Lipinski definition) is 1. The number of ether oxygens (including phenoxy) is 1. The highest BCUT2D eigenvalue weighted by molar-refractivity contribution is 9.10. The van der Waals surface area contributed by atoms with E-state index in [4.69, 9.17) is 4.74 Å². The van der Waals surface area contributed by atoms with Crippen LogP contribution >= 0.6 is 15.9 Å². The minimum absolute atomic E-state index is 0.0598. The second-order valence-corrected chi connectivity index (χ2v) is 4.67. The molecular weight excluding hydrogens is 270 g/mol. The normalized spacial score (nSPS) is 20.0. The lowest BCUT2D eigenvalue weighted by atomic mass is 10.1. The van der Waals surface area contributed by atoms with E-state index in [2.05, 4.69) is 21.2 Å². The van der Waals surface area contributed by atoms with Gasteiger partial charge in [-0.25, -0.2) is 4.79 Å². The van der Waals surface area contributed by atoms with Gasteiger partial charge >= 0.3 is 5.97 Å². The largest absolute Gasteiger partial charge is 0.459 e. The van der Waals surface area contributed by atoms with Gasteiger partial charge in [-0.1, -0.05) is 15.9 Å². The molecule has 0 radical (unpaired) electrons. The zero-order valence-electron chi connectivity index (χ0n) is 8.87. The number of nitrogens with one attached hydrogen (secondary N) is 1. The number of esters is 1. The quantitative estimate of drug-likeness (QED) is 0.847. The minimum atomic E-state index is -0.279. The van der Waals surface area contributed by atoms with Crippen molar-refractivity contribution >= 4 is 27.6 Å². The molecule has 0 aliphatic carbocycles. The Morgan fingerprint density at radius 3 is 2.69 bits per heavy atom. The first-order valence-electron chi connectivity index (χ1n) is 5.07. The van der Waals surface area contributed by atoms with E-state index >= 15 is 0 Å². The maximum atomic E-state index is 11.2. The molecule has 0 spiro atoms. The second-order valence-electron chi connectivity index (χ2n) is 3.75. The van der Waals surface area contributed by atoms with E-state index in [9.17, 15) is 4.79 Å². The zero-order chi connectivity index (χ0) is 11.5. The summed E-state index contributed by atoms with van der Waals surface area (Å²) in [6.07, 6.45) is 2.17. The number of benzene rings is 1. The van der Waals surface area contributed by atoms with Gasteiger partial charge in [0.1, 0.15) is 6.10 Å². The fraction of sp³-hybridized carbons (Fsp3) is 0.250. The van der Waals surface area contributed by atoms with Crippen molar-refractivity contribution in [2.75, 3.05) is 5.32 Å². The molecule has 1 aromatic carbocycles. The van der Waals surface area contributed by atoms with Crippen molar-refractivity contribution in [3.8, 4) is 0 Å². The zero-order valence-corrected chi connectivity index (χ0v) is 10.5. The maximum Gasteiger partial charge on any atom is 0.332 e. The first-order chi connectivity index (χ1) is 7.63. The lowest BCUT2D eigenvalue weighted by Crippen LogP contribution is -2.22. The number of halogens is 1. The van der Waals surface area contributed by atoms with Gasteiger partial charge in [0.15, 0.2) is 0 Å². The van der Waals surface area contributed by atoms with Crippen LogP contribution in [0.1, 0.15) is 13.3 Å². The van der Waals surface area contributed by atoms with Crippen LogP contribution in [0.3, 0.4) is 0 Å². The van der Waals surface area contributed by atoms with E-state index in [-0.39, 0.29) is 12.1 Å². The van der Waals surface area contributed by atoms with Crippen LogP contribution in [-0.4, -0.2) is 12.1 Å². The van der Waals surface area contributed by atoms with Gasteiger partial charge in [0, 0.05) is 28.4 Å². The standard InChI is InChI=1S/C12H12BrNO2/c1-8-6-11(7-12(15)16-8)14-10-4-2-9(13)3-5-10/h2-5,7-8,14H,6H2,1H3. The van der Waals surface area contributed by atoms with Gasteiger partial charge in [-0.2, -0.15) is 0 Å². The van der Waals surface area contributed by atoms with Crippen molar-refractivity contribution in [2.24, 2.45) is 0 Å². The summed E-state index contributed by atoms with van der Waals surface area (Å²) in [5.74, 6) is -0.279. The Balaban J connectivity index is 2.09. The Hall–Kier alpha value is -1.29. The summed E-state index contributed by atoms with van der Waals surface area (Å²) in [4.78, 5) is 11.2. The second kappa shape index (κ2) is 4.70. The fourth-order valence-corrected chi connectivity index (χ4v) is 1.85. The van der Waals surface area contributed by atoms with Crippen molar-refractivity contribution in [1.29, 1.82) is 0 Å². The van der Waals surface area contributed by atoms with E-state index in [1.54, 1.807) is 0 Å². The van der Waals surface area contributed by atoms with Gasteiger partial charge in [0.25, 0.3) is 0 Å². The van der Waals surface area contributed by atoms with Gasteiger partial charge in [0.2, 0.25) is 0 Å². The van der Waals surface area contributed by atoms with Crippen LogP contribution in [0.25, 0.3) is 0 Å². The predicted molar refractivity (Wildman–Crippen MR) is 66.0 cm³/mol. The summed E-state index contributed by atoms with van der Waals surface area (Å²) in [7, 11) is 0. The molecule has 84 valence electrons. The molecule has 1 aromatic rings. The van der Waals surface area contributed by atoms with Crippen LogP contribution in [0.4, 0.5) is 5.69 Å². The molecule has 1 unspecified atom stereocenters. The molecule has 0 saturated carbocycles. The summed E-state index contributed by atoms with van der Waals surface area (Å²) >= 11 is 3.37. The van der Waals surface area contributed by atoms with Crippen molar-refractivity contribution in [1.82, 2.24) is 0 Å². The molecule has 0 bridgehead atoms. The highest BCUT2D eigenvalue weighted by atomic mass is 79.9. The molecule has 0 aromatic heterocycles. The minimum Gasteiger partial charge on any atom is -0.459 e. The molecule has 1 atom stereocenters. The van der Waals surface area contributed by atoms with Gasteiger partial charge in [-0.05, 0) is 31.2 Å². The summed E-state index contributed by atoms with van der Waals surface area (Å²) in [5, 5.41) is 3.21. The maximum absolute atomic E-state index is 11.2. The molecule has 1 N–H and O–H groups in total. The van der Waals surface area contributed by atoms with E-state index in [1.807, 2.05) is 31.2 Å². The van der Waals surface area contributed by atoms with E-state index in [0.29, 0.717) is 0 Å². The Morgan fingerprint density at radius 1 is 1.38 bits per heavy atom. The van der Waals surface area contributed by atoms with Gasteiger partial charge < -0.3 is 10.1 Å². The average Bonchev–Trinajstić information content (AvgIpc) is 2.20. The third-order valence-corrected chi connectivity index (χ3v) is 2.79. The van der Waals surface area contributed by atoms with Crippen LogP contribution in [-0.2, 0) is 9.53 Å². The van der Waals surface area contributed by atoms with Crippen molar-refractivity contribution in [3.63, 3.8) is 0 Å². The topological polar surface area (TPSA) is 38.3 Å². The summed E-state index contributed by atoms with van der Waals surface area (Å²) in [6.45, 7) is 1.88. The van der Waals surface area contributed by atoms with Crippen LogP contribution in [0.15, 0.2) is 40.5 Å². The predicted octanol–water partition coefficient (Wildman–Crippen LogP) is 3.08. The lowest BCUT2D eigenvalue weighted by molar-refractivity contribution is -0.143. The van der Waals surface area contributed by atoms with Crippen LogP contribution in [0, 0.1) is 0 Å². The first-order valence-corrected chi connectivity index (χ1v) is 5.86. The molecule has 3 nitrogen and oxygen atoms in total. The number of carbonyl (C=O) groups excluding carboxylic acids is 1. The highest BCUT2D eigenvalue weighted by Crippen LogP contribution is 2.20. The number of anilines is 1. The summed E-state index contributed by atoms with van der Waals surface area (Å²) in [5.41, 5.74) is 1.86. The van der Waals surface area contributed by atoms with Gasteiger partial charge in [0.05, 0.1) is 0 Å². The van der Waals surface area contributed by atoms with Crippen LogP contribution in [0.2, 0.25) is 0 Å². The first kappa shape index (κ1) is 11.2. The molecule has 1 aliphatic heterocycles. The number of rotatable bonds is 2. The summed E-state index contributed by atoms with van der Waals surface area (Å²) < 4.78 is 6.04. The molecule has 0 fully saturated rings.